The minimum absolute atomic E-state index is 0.193. The fourth-order valence-corrected chi connectivity index (χ4v) is 9.61. The fourth-order valence-electron chi connectivity index (χ4n) is 8.59. The number of nitrogens with zero attached hydrogens (tertiary/aromatic N) is 6. The first-order chi connectivity index (χ1) is 23.1. The van der Waals surface area contributed by atoms with E-state index in [0.717, 1.165) is 80.6 Å². The van der Waals surface area contributed by atoms with E-state index in [4.69, 9.17) is 0 Å². The summed E-state index contributed by atoms with van der Waals surface area (Å²) in [5, 5.41) is 15.6. The average Bonchev–Trinajstić information content (AvgIpc) is 3.98. The first-order valence-corrected chi connectivity index (χ1v) is 18.5. The molecule has 4 heterocycles. The molecule has 0 amide bonds. The normalized spacial score (nSPS) is 24.0. The standard InChI is InChI=1S/C37H44F3N7S/c1-3-36(16-29(17-36)47(26-5-6-26)27-7-8-27)21-46-28(19-41)14-31-23(2)24(4-9-33(31)46)20-45-12-10-25(11-13-45)44-34-32-15-30(18-37(38,39)40)48-35(32)43-22-42-34/h4,9,14-15,22,25-27,29H,3,5-8,10-13,16-18,20-21H2,1-2H3,(H,42,43,44). The van der Waals surface area contributed by atoms with E-state index in [9.17, 15) is 18.4 Å². The number of nitriles is 1. The molecule has 0 bridgehead atoms. The van der Waals surface area contributed by atoms with Crippen molar-refractivity contribution in [3.8, 4) is 6.07 Å². The SMILES string of the molecule is CCC1(Cn2c(C#N)cc3c(C)c(CN4CCC(Nc5ncnc6sc(CC(F)(F)F)cc56)CC4)ccc32)CC(N(C2CC2)C2CC2)C1. The molecule has 3 aliphatic carbocycles. The maximum atomic E-state index is 13.0. The van der Waals surface area contributed by atoms with Crippen LogP contribution in [0.15, 0.2) is 30.6 Å². The number of piperidine rings is 1. The van der Waals surface area contributed by atoms with Crippen LogP contribution in [0.25, 0.3) is 21.1 Å². The van der Waals surface area contributed by atoms with E-state index in [2.05, 4.69) is 67.8 Å². The van der Waals surface area contributed by atoms with Crippen LogP contribution in [0.2, 0.25) is 0 Å². The Balaban J connectivity index is 0.917. The summed E-state index contributed by atoms with van der Waals surface area (Å²) in [7, 11) is 0. The predicted molar refractivity (Wildman–Crippen MR) is 184 cm³/mol. The Morgan fingerprint density at radius 3 is 2.40 bits per heavy atom. The fraction of sp³-hybridized carbons (Fsp3) is 0.595. The molecular weight excluding hydrogens is 632 g/mol. The second-order valence-electron chi connectivity index (χ2n) is 15.0. The Morgan fingerprint density at radius 1 is 1.02 bits per heavy atom. The third-order valence-electron chi connectivity index (χ3n) is 11.6. The number of anilines is 1. The molecule has 7 nitrogen and oxygen atoms in total. The highest BCUT2D eigenvalue weighted by Gasteiger charge is 2.52. The molecule has 3 aromatic heterocycles. The van der Waals surface area contributed by atoms with Gasteiger partial charge in [0.25, 0.3) is 0 Å². The summed E-state index contributed by atoms with van der Waals surface area (Å²) < 4.78 is 41.2. The molecule has 4 fully saturated rings. The van der Waals surface area contributed by atoms with Crippen molar-refractivity contribution in [1.82, 2.24) is 24.3 Å². The quantitative estimate of drug-likeness (QED) is 0.173. The summed E-state index contributed by atoms with van der Waals surface area (Å²) >= 11 is 1.08. The molecule has 3 saturated carbocycles. The van der Waals surface area contributed by atoms with Crippen molar-refractivity contribution in [1.29, 1.82) is 5.26 Å². The van der Waals surface area contributed by atoms with Crippen LogP contribution in [0.1, 0.15) is 86.4 Å². The highest BCUT2D eigenvalue weighted by atomic mass is 32.1. The molecule has 0 unspecified atom stereocenters. The van der Waals surface area contributed by atoms with E-state index in [0.29, 0.717) is 16.0 Å². The van der Waals surface area contributed by atoms with Gasteiger partial charge in [0.15, 0.2) is 0 Å². The zero-order valence-corrected chi connectivity index (χ0v) is 28.6. The highest BCUT2D eigenvalue weighted by Crippen LogP contribution is 2.53. The molecule has 8 rings (SSSR count). The highest BCUT2D eigenvalue weighted by molar-refractivity contribution is 7.18. The number of rotatable bonds is 11. The first-order valence-electron chi connectivity index (χ1n) is 17.7. The van der Waals surface area contributed by atoms with Crippen molar-refractivity contribution in [2.45, 2.75) is 121 Å². The van der Waals surface area contributed by atoms with Crippen molar-refractivity contribution < 1.29 is 13.2 Å². The first kappa shape index (κ1) is 32.0. The number of nitrogens with one attached hydrogen (secondary N) is 1. The molecule has 0 spiro atoms. The van der Waals surface area contributed by atoms with Gasteiger partial charge in [0.05, 0.1) is 11.8 Å². The molecule has 4 aromatic rings. The lowest BCUT2D eigenvalue weighted by molar-refractivity contribution is -0.126. The lowest BCUT2D eigenvalue weighted by Gasteiger charge is -2.52. The van der Waals surface area contributed by atoms with Gasteiger partial charge in [0.2, 0.25) is 0 Å². The van der Waals surface area contributed by atoms with Gasteiger partial charge in [-0.25, -0.2) is 9.97 Å². The second kappa shape index (κ2) is 12.3. The van der Waals surface area contributed by atoms with Crippen LogP contribution in [-0.2, 0) is 19.5 Å². The van der Waals surface area contributed by atoms with Gasteiger partial charge in [-0.2, -0.15) is 18.4 Å². The molecule has 1 saturated heterocycles. The van der Waals surface area contributed by atoms with E-state index < -0.39 is 12.6 Å². The van der Waals surface area contributed by atoms with Gasteiger partial charge in [0.1, 0.15) is 28.7 Å². The van der Waals surface area contributed by atoms with Crippen LogP contribution in [-0.4, -0.2) is 67.8 Å². The van der Waals surface area contributed by atoms with Gasteiger partial charge < -0.3 is 9.88 Å². The van der Waals surface area contributed by atoms with E-state index in [-0.39, 0.29) is 16.3 Å². The minimum atomic E-state index is -4.25. The van der Waals surface area contributed by atoms with Crippen LogP contribution in [0.5, 0.6) is 0 Å². The number of alkyl halides is 3. The largest absolute Gasteiger partial charge is 0.393 e. The van der Waals surface area contributed by atoms with E-state index in [1.807, 2.05) is 0 Å². The molecule has 0 atom stereocenters. The lowest BCUT2D eigenvalue weighted by atomic mass is 9.63. The monoisotopic (exact) mass is 675 g/mol. The van der Waals surface area contributed by atoms with Gasteiger partial charge in [-0.05, 0) is 99.5 Å². The summed E-state index contributed by atoms with van der Waals surface area (Å²) in [4.78, 5) is 14.8. The van der Waals surface area contributed by atoms with Crippen LogP contribution >= 0.6 is 11.3 Å². The minimum Gasteiger partial charge on any atom is -0.367 e. The number of hydrogen-bond acceptors (Lipinski definition) is 7. The van der Waals surface area contributed by atoms with Crippen molar-refractivity contribution in [3.63, 3.8) is 0 Å². The topological polar surface area (TPSA) is 73.0 Å². The third kappa shape index (κ3) is 6.32. The molecule has 48 heavy (non-hydrogen) atoms. The number of halogens is 3. The van der Waals surface area contributed by atoms with Gasteiger partial charge in [-0.1, -0.05) is 13.0 Å². The lowest BCUT2D eigenvalue weighted by Crippen LogP contribution is -2.54. The maximum Gasteiger partial charge on any atom is 0.393 e. The average molecular weight is 676 g/mol. The van der Waals surface area contributed by atoms with Crippen molar-refractivity contribution >= 4 is 38.3 Å². The summed E-state index contributed by atoms with van der Waals surface area (Å²) in [6.45, 7) is 8.13. The Kier molecular flexibility index (Phi) is 8.20. The smallest absolute Gasteiger partial charge is 0.367 e. The predicted octanol–water partition coefficient (Wildman–Crippen LogP) is 8.19. The summed E-state index contributed by atoms with van der Waals surface area (Å²) in [5.41, 5.74) is 4.76. The molecule has 1 N–H and O–H groups in total. The molecule has 1 aromatic carbocycles. The van der Waals surface area contributed by atoms with Crippen LogP contribution in [0, 0.1) is 23.7 Å². The third-order valence-corrected chi connectivity index (χ3v) is 12.6. The Morgan fingerprint density at radius 2 is 1.75 bits per heavy atom. The molecule has 254 valence electrons. The van der Waals surface area contributed by atoms with Gasteiger partial charge >= 0.3 is 6.18 Å². The second-order valence-corrected chi connectivity index (χ2v) is 16.1. The number of fused-ring (bicyclic) bond motifs is 2. The van der Waals surface area contributed by atoms with Crippen LogP contribution in [0.4, 0.5) is 19.0 Å². The van der Waals surface area contributed by atoms with Crippen molar-refractivity contribution in [2.24, 2.45) is 5.41 Å². The Bertz CT molecular complexity index is 1840. The number of thiophene rings is 1. The molecule has 0 radical (unpaired) electrons. The van der Waals surface area contributed by atoms with Gasteiger partial charge in [0, 0.05) is 66.1 Å². The number of aryl methyl sites for hydroxylation is 1. The van der Waals surface area contributed by atoms with Crippen molar-refractivity contribution in [2.75, 3.05) is 18.4 Å². The zero-order chi connectivity index (χ0) is 33.2. The number of hydrogen-bond donors (Lipinski definition) is 1. The van der Waals surface area contributed by atoms with Crippen LogP contribution in [0.3, 0.4) is 0 Å². The molecule has 1 aliphatic heterocycles. The Labute approximate surface area is 284 Å². The summed E-state index contributed by atoms with van der Waals surface area (Å²) in [6.07, 6.45) is 7.23. The summed E-state index contributed by atoms with van der Waals surface area (Å²) in [6, 6.07) is 13.3. The number of benzene rings is 1. The number of aromatic nitrogens is 3. The van der Waals surface area contributed by atoms with Gasteiger partial charge in [-0.15, -0.1) is 11.3 Å². The summed E-state index contributed by atoms with van der Waals surface area (Å²) in [5.74, 6) is 0.618. The van der Waals surface area contributed by atoms with E-state index in [1.54, 1.807) is 6.07 Å². The van der Waals surface area contributed by atoms with Gasteiger partial charge in [-0.3, -0.25) is 9.80 Å². The van der Waals surface area contributed by atoms with E-state index in [1.165, 1.54) is 66.9 Å². The van der Waals surface area contributed by atoms with Crippen molar-refractivity contribution in [3.05, 3.63) is 52.3 Å². The maximum absolute atomic E-state index is 13.0. The molecular formula is C37H44F3N7S. The molecule has 11 heteroatoms. The molecule has 4 aliphatic rings. The van der Waals surface area contributed by atoms with E-state index >= 15 is 0 Å². The number of likely N-dealkylation sites (tertiary alicyclic amines) is 1. The van der Waals surface area contributed by atoms with Crippen LogP contribution < -0.4 is 5.32 Å². The Hall–Kier alpha value is -3.20. The zero-order valence-electron chi connectivity index (χ0n) is 27.8.